The highest BCUT2D eigenvalue weighted by Crippen LogP contribution is 2.18. The first-order valence-corrected chi connectivity index (χ1v) is 9.23. The second-order valence-corrected chi connectivity index (χ2v) is 6.64. The Hall–Kier alpha value is -4.14. The normalized spacial score (nSPS) is 11.3. The van der Waals surface area contributed by atoms with Gasteiger partial charge in [0.25, 0.3) is 5.56 Å². The van der Waals surface area contributed by atoms with Gasteiger partial charge in [-0.25, -0.2) is 10.2 Å². The number of fused-ring (bicyclic) bond motifs is 1. The van der Waals surface area contributed by atoms with Gasteiger partial charge in [0.15, 0.2) is 11.2 Å². The molecule has 0 aliphatic heterocycles. The number of hydrogen-bond acceptors (Lipinski definition) is 6. The van der Waals surface area contributed by atoms with Crippen LogP contribution in [0.2, 0.25) is 0 Å². The quantitative estimate of drug-likeness (QED) is 0.377. The molecule has 4 aromatic rings. The van der Waals surface area contributed by atoms with E-state index in [1.54, 1.807) is 24.9 Å². The molecule has 0 radical (unpaired) electrons. The van der Waals surface area contributed by atoms with Crippen LogP contribution >= 0.6 is 0 Å². The maximum absolute atomic E-state index is 12.5. The first kappa shape index (κ1) is 19.2. The van der Waals surface area contributed by atoms with Crippen molar-refractivity contribution in [2.75, 3.05) is 12.5 Å². The number of imidazole rings is 1. The molecular weight excluding hydrogens is 384 g/mol. The van der Waals surface area contributed by atoms with Crippen LogP contribution in [-0.2, 0) is 13.6 Å². The first-order chi connectivity index (χ1) is 14.6. The highest BCUT2D eigenvalue weighted by Gasteiger charge is 2.17. The highest BCUT2D eigenvalue weighted by molar-refractivity contribution is 5.80. The van der Waals surface area contributed by atoms with Gasteiger partial charge in [-0.15, -0.1) is 0 Å². The number of aromatic nitrogens is 4. The van der Waals surface area contributed by atoms with Gasteiger partial charge in [-0.05, 0) is 35.4 Å². The maximum atomic E-state index is 12.5. The number of ether oxygens (including phenoxy) is 1. The average Bonchev–Trinajstić information content (AvgIpc) is 3.12. The van der Waals surface area contributed by atoms with E-state index in [9.17, 15) is 9.59 Å². The summed E-state index contributed by atoms with van der Waals surface area (Å²) in [5.41, 5.74) is 4.29. The van der Waals surface area contributed by atoms with Gasteiger partial charge in [-0.1, -0.05) is 30.3 Å². The van der Waals surface area contributed by atoms with Crippen molar-refractivity contribution in [2.45, 2.75) is 6.54 Å². The van der Waals surface area contributed by atoms with Gasteiger partial charge in [0.05, 0.1) is 19.9 Å². The third kappa shape index (κ3) is 3.72. The van der Waals surface area contributed by atoms with Gasteiger partial charge in [0.2, 0.25) is 5.95 Å². The fourth-order valence-electron chi connectivity index (χ4n) is 3.09. The van der Waals surface area contributed by atoms with Crippen molar-refractivity contribution in [1.82, 2.24) is 19.1 Å². The molecule has 0 aliphatic carbocycles. The lowest BCUT2D eigenvalue weighted by molar-refractivity contribution is 0.415. The lowest BCUT2D eigenvalue weighted by Crippen LogP contribution is -2.29. The topological polar surface area (TPSA) is 106 Å². The van der Waals surface area contributed by atoms with E-state index in [2.05, 4.69) is 20.5 Å². The van der Waals surface area contributed by atoms with Crippen LogP contribution in [0.5, 0.6) is 5.75 Å². The van der Waals surface area contributed by atoms with Crippen molar-refractivity contribution < 1.29 is 4.74 Å². The van der Waals surface area contributed by atoms with E-state index in [4.69, 9.17) is 4.74 Å². The summed E-state index contributed by atoms with van der Waals surface area (Å²) in [6, 6.07) is 17.1. The molecule has 0 spiro atoms. The zero-order chi connectivity index (χ0) is 21.1. The second kappa shape index (κ2) is 8.08. The summed E-state index contributed by atoms with van der Waals surface area (Å²) in [6.45, 7) is 0.388. The number of methoxy groups -OCH3 is 1. The molecule has 152 valence electrons. The SMILES string of the molecule is COc1ccc(C=NNc2nc3c(c(=O)[nH]c(=O)n3C)n2Cc2ccccc2)cc1. The number of aromatic amines is 1. The van der Waals surface area contributed by atoms with Crippen LogP contribution in [0.25, 0.3) is 11.2 Å². The Bertz CT molecular complexity index is 1320. The van der Waals surface area contributed by atoms with E-state index in [0.29, 0.717) is 18.0 Å². The number of H-pyrrole nitrogens is 1. The van der Waals surface area contributed by atoms with Gasteiger partial charge < -0.3 is 4.74 Å². The van der Waals surface area contributed by atoms with Crippen LogP contribution in [0.4, 0.5) is 5.95 Å². The predicted octanol–water partition coefficient (Wildman–Crippen LogP) is 1.93. The molecule has 0 bridgehead atoms. The zero-order valence-corrected chi connectivity index (χ0v) is 16.5. The summed E-state index contributed by atoms with van der Waals surface area (Å²) in [4.78, 5) is 31.3. The number of aryl methyl sites for hydroxylation is 1. The minimum atomic E-state index is -0.523. The molecule has 2 aromatic carbocycles. The Balaban J connectivity index is 1.73. The maximum Gasteiger partial charge on any atom is 0.329 e. The lowest BCUT2D eigenvalue weighted by Gasteiger charge is -2.08. The smallest absolute Gasteiger partial charge is 0.329 e. The number of benzene rings is 2. The highest BCUT2D eigenvalue weighted by atomic mass is 16.5. The number of rotatable bonds is 6. The predicted molar refractivity (Wildman–Crippen MR) is 115 cm³/mol. The number of hydrazone groups is 1. The molecule has 2 aromatic heterocycles. The lowest BCUT2D eigenvalue weighted by atomic mass is 10.2. The van der Waals surface area contributed by atoms with Gasteiger partial charge in [-0.2, -0.15) is 10.1 Å². The van der Waals surface area contributed by atoms with E-state index >= 15 is 0 Å². The summed E-state index contributed by atoms with van der Waals surface area (Å²) >= 11 is 0. The Morgan fingerprint density at radius 2 is 1.87 bits per heavy atom. The summed E-state index contributed by atoms with van der Waals surface area (Å²) < 4.78 is 8.15. The minimum absolute atomic E-state index is 0.279. The number of nitrogens with zero attached hydrogens (tertiary/aromatic N) is 4. The largest absolute Gasteiger partial charge is 0.497 e. The molecule has 2 heterocycles. The Labute approximate surface area is 171 Å². The van der Waals surface area contributed by atoms with Crippen LogP contribution in [0.15, 0.2) is 69.3 Å². The zero-order valence-electron chi connectivity index (χ0n) is 16.5. The molecular formula is C21H20N6O3. The minimum Gasteiger partial charge on any atom is -0.497 e. The molecule has 0 aliphatic rings. The fraction of sp³-hybridized carbons (Fsp3) is 0.143. The van der Waals surface area contributed by atoms with Crippen molar-refractivity contribution in [3.63, 3.8) is 0 Å². The van der Waals surface area contributed by atoms with Gasteiger partial charge in [-0.3, -0.25) is 18.9 Å². The van der Waals surface area contributed by atoms with Gasteiger partial charge >= 0.3 is 5.69 Å². The molecule has 0 atom stereocenters. The Morgan fingerprint density at radius 1 is 1.13 bits per heavy atom. The summed E-state index contributed by atoms with van der Waals surface area (Å²) in [7, 11) is 3.17. The van der Waals surface area contributed by atoms with Crippen molar-refractivity contribution in [1.29, 1.82) is 0 Å². The van der Waals surface area contributed by atoms with Crippen LogP contribution < -0.4 is 21.4 Å². The second-order valence-electron chi connectivity index (χ2n) is 6.64. The third-order valence-electron chi connectivity index (χ3n) is 4.68. The monoisotopic (exact) mass is 404 g/mol. The standard InChI is InChI=1S/C21H20N6O3/c1-26-18-17(19(28)24-21(26)29)27(13-15-6-4-3-5-7-15)20(23-18)25-22-12-14-8-10-16(30-2)11-9-14/h3-12H,13H2,1-2H3,(H,23,25)(H,24,28,29). The fourth-order valence-corrected chi connectivity index (χ4v) is 3.09. The van der Waals surface area contributed by atoms with Gasteiger partial charge in [0.1, 0.15) is 5.75 Å². The van der Waals surface area contributed by atoms with Crippen molar-refractivity contribution in [3.05, 3.63) is 86.6 Å². The molecule has 0 fully saturated rings. The average molecular weight is 404 g/mol. The Kier molecular flexibility index (Phi) is 5.17. The Morgan fingerprint density at radius 3 is 2.57 bits per heavy atom. The van der Waals surface area contributed by atoms with E-state index < -0.39 is 11.2 Å². The summed E-state index contributed by atoms with van der Waals surface area (Å²) in [5, 5.41) is 4.25. The third-order valence-corrected chi connectivity index (χ3v) is 4.68. The molecule has 4 rings (SSSR count). The first-order valence-electron chi connectivity index (χ1n) is 9.23. The summed E-state index contributed by atoms with van der Waals surface area (Å²) in [6.07, 6.45) is 1.63. The molecule has 2 N–H and O–H groups in total. The molecule has 9 nitrogen and oxygen atoms in total. The van der Waals surface area contributed by atoms with Gasteiger partial charge in [0, 0.05) is 7.05 Å². The molecule has 0 saturated carbocycles. The molecule has 0 saturated heterocycles. The summed E-state index contributed by atoms with van der Waals surface area (Å²) in [5.74, 6) is 1.11. The number of nitrogens with one attached hydrogen (secondary N) is 2. The van der Waals surface area contributed by atoms with Crippen molar-refractivity contribution in [3.8, 4) is 5.75 Å². The molecule has 9 heteroatoms. The van der Waals surface area contributed by atoms with E-state index in [1.165, 1.54) is 4.57 Å². The van der Waals surface area contributed by atoms with Crippen LogP contribution in [0.1, 0.15) is 11.1 Å². The van der Waals surface area contributed by atoms with Crippen LogP contribution in [0.3, 0.4) is 0 Å². The van der Waals surface area contributed by atoms with Crippen molar-refractivity contribution >= 4 is 23.3 Å². The molecule has 0 unspecified atom stereocenters. The van der Waals surface area contributed by atoms with Crippen LogP contribution in [-0.4, -0.2) is 32.4 Å². The van der Waals surface area contributed by atoms with E-state index in [-0.39, 0.29) is 5.65 Å². The number of anilines is 1. The van der Waals surface area contributed by atoms with E-state index in [0.717, 1.165) is 16.9 Å². The number of hydrogen-bond donors (Lipinski definition) is 2. The van der Waals surface area contributed by atoms with Crippen molar-refractivity contribution in [2.24, 2.45) is 12.1 Å². The van der Waals surface area contributed by atoms with Crippen LogP contribution in [0, 0.1) is 0 Å². The molecule has 0 amide bonds. The molecule has 30 heavy (non-hydrogen) atoms. The van der Waals surface area contributed by atoms with E-state index in [1.807, 2.05) is 54.6 Å².